The standard InChI is InChI=1S/C17H22N2O2/c1-4-13-11-16(20)19(12-13)15-10-8-7-9-14(15)17(21)18(5-2)6-3/h4,7-10,13H,1,5-6,11-12H2,2-3H3. The van der Waals surface area contributed by atoms with Crippen LogP contribution < -0.4 is 4.90 Å². The van der Waals surface area contributed by atoms with Crippen LogP contribution in [0.5, 0.6) is 0 Å². The summed E-state index contributed by atoms with van der Waals surface area (Å²) in [5, 5.41) is 0. The Hall–Kier alpha value is -2.10. The van der Waals surface area contributed by atoms with E-state index in [1.54, 1.807) is 15.9 Å². The first-order valence-corrected chi connectivity index (χ1v) is 7.43. The number of rotatable bonds is 5. The Morgan fingerprint density at radius 2 is 2.05 bits per heavy atom. The van der Waals surface area contributed by atoms with E-state index in [2.05, 4.69) is 6.58 Å². The van der Waals surface area contributed by atoms with Crippen LogP contribution in [0.25, 0.3) is 0 Å². The van der Waals surface area contributed by atoms with E-state index in [0.717, 1.165) is 0 Å². The third kappa shape index (κ3) is 2.99. The largest absolute Gasteiger partial charge is 0.339 e. The molecule has 1 aliphatic rings. The summed E-state index contributed by atoms with van der Waals surface area (Å²) in [6, 6.07) is 7.35. The summed E-state index contributed by atoms with van der Waals surface area (Å²) in [5.74, 6) is 0.194. The van der Waals surface area contributed by atoms with E-state index < -0.39 is 0 Å². The molecule has 1 saturated heterocycles. The lowest BCUT2D eigenvalue weighted by Gasteiger charge is -2.24. The van der Waals surface area contributed by atoms with Crippen molar-refractivity contribution in [2.24, 2.45) is 5.92 Å². The Morgan fingerprint density at radius 1 is 1.38 bits per heavy atom. The highest BCUT2D eigenvalue weighted by Gasteiger charge is 2.31. The van der Waals surface area contributed by atoms with Crippen molar-refractivity contribution < 1.29 is 9.59 Å². The van der Waals surface area contributed by atoms with Crippen molar-refractivity contribution >= 4 is 17.5 Å². The molecule has 0 aliphatic carbocycles. The molecular formula is C17H22N2O2. The van der Waals surface area contributed by atoms with Crippen molar-refractivity contribution in [3.63, 3.8) is 0 Å². The molecule has 2 amide bonds. The Kier molecular flexibility index (Phi) is 4.78. The summed E-state index contributed by atoms with van der Waals surface area (Å²) < 4.78 is 0. The SMILES string of the molecule is C=CC1CC(=O)N(c2ccccc2C(=O)N(CC)CC)C1. The second-order valence-electron chi connectivity index (χ2n) is 5.20. The van der Waals surface area contributed by atoms with Gasteiger partial charge in [-0.05, 0) is 26.0 Å². The molecule has 0 N–H and O–H groups in total. The molecule has 0 aromatic heterocycles. The summed E-state index contributed by atoms with van der Waals surface area (Å²) in [4.78, 5) is 28.3. The van der Waals surface area contributed by atoms with Crippen LogP contribution in [0, 0.1) is 5.92 Å². The minimum absolute atomic E-state index is 0.0227. The van der Waals surface area contributed by atoms with Gasteiger partial charge in [-0.1, -0.05) is 18.2 Å². The third-order valence-corrected chi connectivity index (χ3v) is 3.96. The van der Waals surface area contributed by atoms with Gasteiger partial charge in [-0.2, -0.15) is 0 Å². The van der Waals surface area contributed by atoms with Crippen molar-refractivity contribution in [2.75, 3.05) is 24.5 Å². The molecule has 0 saturated carbocycles. The van der Waals surface area contributed by atoms with Crippen molar-refractivity contribution in [3.8, 4) is 0 Å². The van der Waals surface area contributed by atoms with Gasteiger partial charge in [0.05, 0.1) is 11.3 Å². The van der Waals surface area contributed by atoms with Crippen LogP contribution in [0.15, 0.2) is 36.9 Å². The average molecular weight is 286 g/mol. The second-order valence-corrected chi connectivity index (χ2v) is 5.20. The zero-order chi connectivity index (χ0) is 15.4. The molecule has 21 heavy (non-hydrogen) atoms. The number of hydrogen-bond donors (Lipinski definition) is 0. The molecule has 1 aromatic rings. The van der Waals surface area contributed by atoms with E-state index in [1.165, 1.54) is 0 Å². The molecule has 1 heterocycles. The van der Waals surface area contributed by atoms with Crippen molar-refractivity contribution in [1.82, 2.24) is 4.90 Å². The fraction of sp³-hybridized carbons (Fsp3) is 0.412. The molecular weight excluding hydrogens is 264 g/mol. The van der Waals surface area contributed by atoms with Gasteiger partial charge < -0.3 is 9.80 Å². The maximum atomic E-state index is 12.6. The number of anilines is 1. The predicted octanol–water partition coefficient (Wildman–Crippen LogP) is 2.71. The lowest BCUT2D eigenvalue weighted by atomic mass is 10.1. The molecule has 2 rings (SSSR count). The average Bonchev–Trinajstić information content (AvgIpc) is 2.89. The number of carbonyl (C=O) groups excluding carboxylic acids is 2. The number of para-hydroxylation sites is 1. The van der Waals surface area contributed by atoms with Gasteiger partial charge in [-0.25, -0.2) is 0 Å². The molecule has 4 nitrogen and oxygen atoms in total. The molecule has 1 aliphatic heterocycles. The fourth-order valence-electron chi connectivity index (χ4n) is 2.70. The highest BCUT2D eigenvalue weighted by molar-refractivity contribution is 6.05. The van der Waals surface area contributed by atoms with E-state index in [0.29, 0.717) is 37.3 Å². The Balaban J connectivity index is 2.35. The molecule has 1 aromatic carbocycles. The minimum atomic E-state index is -0.0227. The zero-order valence-corrected chi connectivity index (χ0v) is 12.7. The van der Waals surface area contributed by atoms with E-state index in [9.17, 15) is 9.59 Å². The molecule has 1 atom stereocenters. The summed E-state index contributed by atoms with van der Waals surface area (Å²) in [6.45, 7) is 9.60. The normalized spacial score (nSPS) is 17.9. The molecule has 0 radical (unpaired) electrons. The lowest BCUT2D eigenvalue weighted by Crippen LogP contribution is -2.33. The molecule has 112 valence electrons. The van der Waals surface area contributed by atoms with Gasteiger partial charge in [0.15, 0.2) is 0 Å². The quantitative estimate of drug-likeness (QED) is 0.781. The molecule has 0 bridgehead atoms. The number of amides is 2. The summed E-state index contributed by atoms with van der Waals surface area (Å²) in [6.07, 6.45) is 2.28. The molecule has 1 unspecified atom stereocenters. The Bertz CT molecular complexity index is 549. The first kappa shape index (κ1) is 15.3. The summed E-state index contributed by atoms with van der Waals surface area (Å²) in [7, 11) is 0. The van der Waals surface area contributed by atoms with Crippen LogP contribution in [0.3, 0.4) is 0 Å². The molecule has 0 spiro atoms. The summed E-state index contributed by atoms with van der Waals surface area (Å²) in [5.41, 5.74) is 1.31. The topological polar surface area (TPSA) is 40.6 Å². The maximum Gasteiger partial charge on any atom is 0.255 e. The van der Waals surface area contributed by atoms with Crippen LogP contribution in [0.2, 0.25) is 0 Å². The van der Waals surface area contributed by atoms with Gasteiger partial charge in [0.25, 0.3) is 5.91 Å². The first-order valence-electron chi connectivity index (χ1n) is 7.43. The van der Waals surface area contributed by atoms with E-state index >= 15 is 0 Å². The second kappa shape index (κ2) is 6.57. The van der Waals surface area contributed by atoms with Crippen LogP contribution in [0.1, 0.15) is 30.6 Å². The third-order valence-electron chi connectivity index (χ3n) is 3.96. The maximum absolute atomic E-state index is 12.6. The van der Waals surface area contributed by atoms with Crippen molar-refractivity contribution in [2.45, 2.75) is 20.3 Å². The monoisotopic (exact) mass is 286 g/mol. The minimum Gasteiger partial charge on any atom is -0.339 e. The highest BCUT2D eigenvalue weighted by atomic mass is 16.2. The lowest BCUT2D eigenvalue weighted by molar-refractivity contribution is -0.117. The van der Waals surface area contributed by atoms with Crippen LogP contribution in [-0.4, -0.2) is 36.3 Å². The van der Waals surface area contributed by atoms with Gasteiger partial charge >= 0.3 is 0 Å². The van der Waals surface area contributed by atoms with Gasteiger partial charge in [0, 0.05) is 32.0 Å². The number of hydrogen-bond acceptors (Lipinski definition) is 2. The highest BCUT2D eigenvalue weighted by Crippen LogP contribution is 2.29. The number of nitrogens with zero attached hydrogens (tertiary/aromatic N) is 2. The number of benzene rings is 1. The fourth-order valence-corrected chi connectivity index (χ4v) is 2.70. The Labute approximate surface area is 126 Å². The molecule has 1 fully saturated rings. The van der Waals surface area contributed by atoms with E-state index in [1.807, 2.05) is 38.1 Å². The van der Waals surface area contributed by atoms with Gasteiger partial charge in [0.1, 0.15) is 0 Å². The van der Waals surface area contributed by atoms with Crippen molar-refractivity contribution in [3.05, 3.63) is 42.5 Å². The van der Waals surface area contributed by atoms with Gasteiger partial charge in [-0.3, -0.25) is 9.59 Å². The number of carbonyl (C=O) groups is 2. The Morgan fingerprint density at radius 3 is 2.62 bits per heavy atom. The van der Waals surface area contributed by atoms with Gasteiger partial charge in [0.2, 0.25) is 5.91 Å². The smallest absolute Gasteiger partial charge is 0.255 e. The van der Waals surface area contributed by atoms with Crippen LogP contribution >= 0.6 is 0 Å². The van der Waals surface area contributed by atoms with E-state index in [-0.39, 0.29) is 17.7 Å². The predicted molar refractivity (Wildman–Crippen MR) is 84.4 cm³/mol. The zero-order valence-electron chi connectivity index (χ0n) is 12.7. The van der Waals surface area contributed by atoms with Crippen LogP contribution in [0.4, 0.5) is 5.69 Å². The first-order chi connectivity index (χ1) is 10.1. The van der Waals surface area contributed by atoms with Crippen molar-refractivity contribution in [1.29, 1.82) is 0 Å². The molecule has 4 heteroatoms. The summed E-state index contributed by atoms with van der Waals surface area (Å²) >= 11 is 0. The van der Waals surface area contributed by atoms with Gasteiger partial charge in [-0.15, -0.1) is 6.58 Å². The van der Waals surface area contributed by atoms with Crippen LogP contribution in [-0.2, 0) is 4.79 Å². The van der Waals surface area contributed by atoms with E-state index in [4.69, 9.17) is 0 Å².